The highest BCUT2D eigenvalue weighted by molar-refractivity contribution is 4.91. The van der Waals surface area contributed by atoms with Gasteiger partial charge in [0.25, 0.3) is 0 Å². The van der Waals surface area contributed by atoms with Gasteiger partial charge in [-0.2, -0.15) is 0 Å². The number of hydrogen-bond acceptors (Lipinski definition) is 10. The lowest BCUT2D eigenvalue weighted by atomic mass is 9.98. The van der Waals surface area contributed by atoms with Crippen LogP contribution in [0.3, 0.4) is 0 Å². The molecule has 0 aliphatic carbocycles. The monoisotopic (exact) mass is 342 g/mol. The Morgan fingerprint density at radius 2 is 1.57 bits per heavy atom. The topological polar surface area (TPSA) is 180 Å². The highest BCUT2D eigenvalue weighted by Crippen LogP contribution is 2.25. The van der Waals surface area contributed by atoms with Crippen LogP contribution in [-0.4, -0.2) is 109 Å². The Morgan fingerprint density at radius 3 is 2.04 bits per heavy atom. The van der Waals surface area contributed by atoms with E-state index in [-0.39, 0.29) is 6.42 Å². The van der Waals surface area contributed by atoms with E-state index in [0.29, 0.717) is 0 Å². The summed E-state index contributed by atoms with van der Waals surface area (Å²) in [6, 6.07) is 0. The second-order valence-corrected chi connectivity index (χ2v) is 5.51. The van der Waals surface area contributed by atoms with E-state index in [1.807, 2.05) is 0 Å². The van der Waals surface area contributed by atoms with Gasteiger partial charge in [-0.3, -0.25) is 0 Å². The molecule has 8 N–H and O–H groups in total. The Hall–Kier alpha value is -0.400. The van der Waals surface area contributed by atoms with Crippen molar-refractivity contribution in [2.24, 2.45) is 0 Å². The van der Waals surface area contributed by atoms with Crippen LogP contribution in [0, 0.1) is 0 Å². The number of hydrogen-bond donors (Lipinski definition) is 8. The van der Waals surface area contributed by atoms with E-state index >= 15 is 0 Å². The Bertz CT molecular complexity index is 341. The molecule has 0 spiro atoms. The summed E-state index contributed by atoms with van der Waals surface area (Å²) in [6.45, 7) is 0.109. The highest BCUT2D eigenvalue weighted by atomic mass is 16.7. The van der Waals surface area contributed by atoms with Crippen LogP contribution >= 0.6 is 0 Å². The van der Waals surface area contributed by atoms with E-state index in [1.165, 1.54) is 0 Å². The molecule has 1 heterocycles. The lowest BCUT2D eigenvalue weighted by Crippen LogP contribution is -2.61. The van der Waals surface area contributed by atoms with Gasteiger partial charge < -0.3 is 50.3 Å². The molecule has 138 valence electrons. The van der Waals surface area contributed by atoms with Crippen molar-refractivity contribution in [1.82, 2.24) is 0 Å². The maximum Gasteiger partial charge on any atom is 0.187 e. The molecular formula is C13H26O10. The maximum atomic E-state index is 9.99. The molecule has 0 radical (unpaired) electrons. The first kappa shape index (κ1) is 20.6. The van der Waals surface area contributed by atoms with Crippen LogP contribution in [-0.2, 0) is 9.47 Å². The minimum absolute atomic E-state index is 0.133. The van der Waals surface area contributed by atoms with Gasteiger partial charge in [0.1, 0.15) is 42.7 Å². The Kier molecular flexibility index (Phi) is 8.24. The zero-order valence-corrected chi connectivity index (χ0v) is 12.7. The van der Waals surface area contributed by atoms with Crippen LogP contribution in [0.1, 0.15) is 13.3 Å². The molecule has 23 heavy (non-hydrogen) atoms. The Balaban J connectivity index is 2.89. The van der Waals surface area contributed by atoms with Gasteiger partial charge in [0.05, 0.1) is 19.3 Å². The van der Waals surface area contributed by atoms with E-state index < -0.39 is 68.3 Å². The summed E-state index contributed by atoms with van der Waals surface area (Å²) in [4.78, 5) is 0. The molecular weight excluding hydrogens is 316 g/mol. The van der Waals surface area contributed by atoms with E-state index in [4.69, 9.17) is 19.7 Å². The predicted octanol–water partition coefficient (Wildman–Crippen LogP) is -4.34. The third-order valence-electron chi connectivity index (χ3n) is 3.86. The molecule has 10 nitrogen and oxygen atoms in total. The van der Waals surface area contributed by atoms with Crippen molar-refractivity contribution in [2.75, 3.05) is 13.2 Å². The van der Waals surface area contributed by atoms with E-state index in [0.717, 1.165) is 0 Å². The Labute approximate surface area is 133 Å². The lowest BCUT2D eigenvalue weighted by molar-refractivity contribution is -0.327. The van der Waals surface area contributed by atoms with Gasteiger partial charge in [0.2, 0.25) is 0 Å². The van der Waals surface area contributed by atoms with Gasteiger partial charge in [0.15, 0.2) is 6.29 Å². The number of ether oxygens (including phenoxy) is 2. The van der Waals surface area contributed by atoms with Crippen molar-refractivity contribution >= 4 is 0 Å². The van der Waals surface area contributed by atoms with E-state index in [2.05, 4.69) is 0 Å². The third-order valence-corrected chi connectivity index (χ3v) is 3.86. The standard InChI is InChI=1S/C13H26O10/c1-2-5(16)8(18)12(6(17)3-14)23-13-11(21)10(20)9(19)7(4-15)22-13/h5-21H,2-4H2,1H3/t5?,6?,7?,8?,9-,10?,11+,12?,13+/m1/s1. The zero-order valence-electron chi connectivity index (χ0n) is 12.7. The molecule has 10 heteroatoms. The molecule has 0 amide bonds. The van der Waals surface area contributed by atoms with Crippen molar-refractivity contribution in [3.8, 4) is 0 Å². The highest BCUT2D eigenvalue weighted by Gasteiger charge is 2.46. The van der Waals surface area contributed by atoms with Crippen LogP contribution in [0.5, 0.6) is 0 Å². The molecule has 0 saturated carbocycles. The molecule has 0 aromatic rings. The van der Waals surface area contributed by atoms with Crippen molar-refractivity contribution < 1.29 is 50.3 Å². The van der Waals surface area contributed by atoms with E-state index in [9.17, 15) is 30.6 Å². The Morgan fingerprint density at radius 1 is 0.957 bits per heavy atom. The maximum absolute atomic E-state index is 9.99. The summed E-state index contributed by atoms with van der Waals surface area (Å²) < 4.78 is 10.3. The number of aliphatic hydroxyl groups is 8. The molecule has 6 unspecified atom stereocenters. The minimum atomic E-state index is -1.73. The minimum Gasteiger partial charge on any atom is -0.394 e. The SMILES string of the molecule is CCC(O)C(O)C(O[C@@H]1OC(CO)[C@@H](O)C(O)[C@@H]1O)C(O)CO. The van der Waals surface area contributed by atoms with Crippen LogP contribution in [0.2, 0.25) is 0 Å². The van der Waals surface area contributed by atoms with Gasteiger partial charge >= 0.3 is 0 Å². The normalized spacial score (nSPS) is 37.2. The fourth-order valence-electron chi connectivity index (χ4n) is 2.30. The summed E-state index contributed by atoms with van der Waals surface area (Å²) >= 11 is 0. The van der Waals surface area contributed by atoms with Gasteiger partial charge in [-0.1, -0.05) is 6.92 Å². The van der Waals surface area contributed by atoms with Gasteiger partial charge in [-0.25, -0.2) is 0 Å². The van der Waals surface area contributed by atoms with Crippen molar-refractivity contribution in [1.29, 1.82) is 0 Å². The molecule has 9 atom stereocenters. The molecule has 0 aromatic heterocycles. The molecule has 1 aliphatic rings. The quantitative estimate of drug-likeness (QED) is 0.215. The summed E-state index contributed by atoms with van der Waals surface area (Å²) in [7, 11) is 0. The summed E-state index contributed by atoms with van der Waals surface area (Å²) in [5.74, 6) is 0. The summed E-state index contributed by atoms with van der Waals surface area (Å²) in [5, 5.41) is 76.8. The second kappa shape index (κ2) is 9.18. The molecule has 1 fully saturated rings. The summed E-state index contributed by atoms with van der Waals surface area (Å²) in [5.41, 5.74) is 0. The van der Waals surface area contributed by atoms with Crippen molar-refractivity contribution in [2.45, 2.75) is 68.5 Å². The predicted molar refractivity (Wildman–Crippen MR) is 74.0 cm³/mol. The molecule has 0 aromatic carbocycles. The first-order chi connectivity index (χ1) is 10.8. The molecule has 0 bridgehead atoms. The fourth-order valence-corrected chi connectivity index (χ4v) is 2.30. The zero-order chi connectivity index (χ0) is 17.7. The van der Waals surface area contributed by atoms with Gasteiger partial charge in [-0.05, 0) is 6.42 Å². The first-order valence-electron chi connectivity index (χ1n) is 7.39. The van der Waals surface area contributed by atoms with Gasteiger partial charge in [0, 0.05) is 0 Å². The van der Waals surface area contributed by atoms with Crippen LogP contribution in [0.25, 0.3) is 0 Å². The number of rotatable bonds is 8. The fraction of sp³-hybridized carbons (Fsp3) is 1.00. The van der Waals surface area contributed by atoms with Crippen LogP contribution < -0.4 is 0 Å². The largest absolute Gasteiger partial charge is 0.394 e. The third kappa shape index (κ3) is 4.79. The lowest BCUT2D eigenvalue weighted by Gasteiger charge is -2.42. The molecule has 1 rings (SSSR count). The molecule has 1 saturated heterocycles. The average molecular weight is 342 g/mol. The van der Waals surface area contributed by atoms with Crippen molar-refractivity contribution in [3.05, 3.63) is 0 Å². The van der Waals surface area contributed by atoms with Crippen molar-refractivity contribution in [3.63, 3.8) is 0 Å². The van der Waals surface area contributed by atoms with Crippen LogP contribution in [0.4, 0.5) is 0 Å². The second-order valence-electron chi connectivity index (χ2n) is 5.51. The number of aliphatic hydroxyl groups excluding tert-OH is 8. The smallest absolute Gasteiger partial charge is 0.187 e. The first-order valence-corrected chi connectivity index (χ1v) is 7.39. The summed E-state index contributed by atoms with van der Waals surface area (Å²) in [6.07, 6.45) is -13.7. The van der Waals surface area contributed by atoms with Crippen LogP contribution in [0.15, 0.2) is 0 Å². The van der Waals surface area contributed by atoms with Gasteiger partial charge in [-0.15, -0.1) is 0 Å². The van der Waals surface area contributed by atoms with E-state index in [1.54, 1.807) is 6.92 Å². The average Bonchev–Trinajstić information content (AvgIpc) is 2.57. The molecule has 1 aliphatic heterocycles.